The molecule has 0 bridgehead atoms. The molecule has 2 aromatic carbocycles. The van der Waals surface area contributed by atoms with Crippen molar-refractivity contribution >= 4 is 17.6 Å². The molecule has 2 heteroatoms. The number of carbonyl (C=O) groups is 1. The minimum absolute atomic E-state index is 0.535. The van der Waals surface area contributed by atoms with Gasteiger partial charge < -0.3 is 5.11 Å². The summed E-state index contributed by atoms with van der Waals surface area (Å²) in [5.41, 5.74) is 3.68. The van der Waals surface area contributed by atoms with Crippen LogP contribution in [0.2, 0.25) is 0 Å². The first-order valence-corrected chi connectivity index (χ1v) is 8.90. The number of hydrogen-bond acceptors (Lipinski definition) is 1. The lowest BCUT2D eigenvalue weighted by Gasteiger charge is -2.10. The molecule has 0 spiro atoms. The lowest BCUT2D eigenvalue weighted by molar-refractivity contribution is -0.130. The molecule has 0 aliphatic heterocycles. The summed E-state index contributed by atoms with van der Waals surface area (Å²) >= 11 is 0. The fraction of sp³-hybridized carbons (Fsp3) is 0.261. The molecule has 2 aromatic rings. The van der Waals surface area contributed by atoms with Crippen molar-refractivity contribution < 1.29 is 9.90 Å². The molecule has 0 atom stereocenters. The normalized spacial score (nSPS) is 13.8. The Bertz CT molecular complexity index is 689. The number of carboxylic acids is 1. The molecule has 130 valence electrons. The van der Waals surface area contributed by atoms with Crippen LogP contribution in [0, 0.1) is 0 Å². The van der Waals surface area contributed by atoms with Crippen LogP contribution in [0.1, 0.15) is 49.7 Å². The predicted octanol–water partition coefficient (Wildman–Crippen LogP) is 6.21. The summed E-state index contributed by atoms with van der Waals surface area (Å²) in [7, 11) is 0. The van der Waals surface area contributed by atoms with E-state index in [4.69, 9.17) is 0 Å². The Morgan fingerprint density at radius 3 is 1.80 bits per heavy atom. The first-order valence-electron chi connectivity index (χ1n) is 8.90. The van der Waals surface area contributed by atoms with Crippen molar-refractivity contribution in [2.45, 2.75) is 38.5 Å². The van der Waals surface area contributed by atoms with Gasteiger partial charge in [-0.1, -0.05) is 91.7 Å². The van der Waals surface area contributed by atoms with E-state index in [2.05, 4.69) is 6.58 Å². The van der Waals surface area contributed by atoms with Gasteiger partial charge in [-0.2, -0.15) is 0 Å². The SMILES string of the molecule is C=Cc1ccccc1.O=C(O)C(=C1CCCCCC1)c1ccccc1. The van der Waals surface area contributed by atoms with Crippen molar-refractivity contribution in [1.29, 1.82) is 0 Å². The quantitative estimate of drug-likeness (QED) is 0.535. The van der Waals surface area contributed by atoms with Gasteiger partial charge in [-0.25, -0.2) is 4.79 Å². The van der Waals surface area contributed by atoms with E-state index in [0.29, 0.717) is 5.57 Å². The highest BCUT2D eigenvalue weighted by Crippen LogP contribution is 2.29. The summed E-state index contributed by atoms with van der Waals surface area (Å²) in [5.74, 6) is -0.784. The molecule has 1 N–H and O–H groups in total. The summed E-state index contributed by atoms with van der Waals surface area (Å²) in [5, 5.41) is 9.41. The Morgan fingerprint density at radius 2 is 1.36 bits per heavy atom. The van der Waals surface area contributed by atoms with Crippen LogP contribution < -0.4 is 0 Å². The lowest BCUT2D eigenvalue weighted by Crippen LogP contribution is -2.04. The monoisotopic (exact) mass is 334 g/mol. The smallest absolute Gasteiger partial charge is 0.336 e. The zero-order chi connectivity index (χ0) is 17.9. The Kier molecular flexibility index (Phi) is 7.71. The molecule has 0 aromatic heterocycles. The number of allylic oxidation sites excluding steroid dienone is 1. The van der Waals surface area contributed by atoms with Gasteiger partial charge in [0.15, 0.2) is 0 Å². The topological polar surface area (TPSA) is 37.3 Å². The summed E-state index contributed by atoms with van der Waals surface area (Å²) in [4.78, 5) is 11.5. The lowest BCUT2D eigenvalue weighted by atomic mass is 9.95. The second-order valence-corrected chi connectivity index (χ2v) is 6.18. The van der Waals surface area contributed by atoms with Crippen molar-refractivity contribution in [3.63, 3.8) is 0 Å². The highest BCUT2D eigenvalue weighted by atomic mass is 16.4. The van der Waals surface area contributed by atoms with E-state index in [1.165, 1.54) is 18.4 Å². The highest BCUT2D eigenvalue weighted by molar-refractivity contribution is 6.16. The van der Waals surface area contributed by atoms with Gasteiger partial charge in [0.25, 0.3) is 0 Å². The van der Waals surface area contributed by atoms with Crippen molar-refractivity contribution in [1.82, 2.24) is 0 Å². The summed E-state index contributed by atoms with van der Waals surface area (Å²) in [6.07, 6.45) is 8.42. The fourth-order valence-electron chi connectivity index (χ4n) is 3.08. The minimum Gasteiger partial charge on any atom is -0.478 e. The van der Waals surface area contributed by atoms with Crippen molar-refractivity contribution in [2.75, 3.05) is 0 Å². The van der Waals surface area contributed by atoms with E-state index in [1.807, 2.05) is 66.7 Å². The molecule has 1 aliphatic carbocycles. The van der Waals surface area contributed by atoms with Crippen molar-refractivity contribution in [3.8, 4) is 0 Å². The average Bonchev–Trinajstić information content (AvgIpc) is 2.93. The van der Waals surface area contributed by atoms with Crippen LogP contribution in [-0.2, 0) is 4.79 Å². The van der Waals surface area contributed by atoms with E-state index < -0.39 is 5.97 Å². The number of benzene rings is 2. The molecular weight excluding hydrogens is 308 g/mol. The second-order valence-electron chi connectivity index (χ2n) is 6.18. The molecule has 1 aliphatic rings. The molecule has 0 heterocycles. The molecule has 2 nitrogen and oxygen atoms in total. The Labute approximate surface area is 150 Å². The van der Waals surface area contributed by atoms with Gasteiger partial charge in [-0.3, -0.25) is 0 Å². The van der Waals surface area contributed by atoms with Crippen LogP contribution >= 0.6 is 0 Å². The van der Waals surface area contributed by atoms with Crippen LogP contribution in [-0.4, -0.2) is 11.1 Å². The average molecular weight is 334 g/mol. The largest absolute Gasteiger partial charge is 0.478 e. The number of carboxylic acid groups (broad SMARTS) is 1. The zero-order valence-corrected chi connectivity index (χ0v) is 14.7. The Hall–Kier alpha value is -2.61. The second kappa shape index (κ2) is 10.3. The third kappa shape index (κ3) is 6.07. The first kappa shape index (κ1) is 18.7. The van der Waals surface area contributed by atoms with Gasteiger partial charge in [-0.05, 0) is 36.8 Å². The number of rotatable bonds is 3. The molecule has 1 saturated carbocycles. The van der Waals surface area contributed by atoms with E-state index in [9.17, 15) is 9.90 Å². The fourth-order valence-corrected chi connectivity index (χ4v) is 3.08. The molecule has 1 fully saturated rings. The number of aliphatic carboxylic acids is 1. The maximum Gasteiger partial charge on any atom is 0.336 e. The maximum atomic E-state index is 11.5. The summed E-state index contributed by atoms with van der Waals surface area (Å²) in [6, 6.07) is 19.5. The van der Waals surface area contributed by atoms with E-state index in [-0.39, 0.29) is 0 Å². The summed E-state index contributed by atoms with van der Waals surface area (Å²) in [6.45, 7) is 3.63. The molecule has 0 unspecified atom stereocenters. The molecule has 0 amide bonds. The highest BCUT2D eigenvalue weighted by Gasteiger charge is 2.17. The maximum absolute atomic E-state index is 11.5. The molecule has 0 radical (unpaired) electrons. The predicted molar refractivity (Wildman–Crippen MR) is 105 cm³/mol. The first-order chi connectivity index (χ1) is 12.2. The van der Waals surface area contributed by atoms with Crippen molar-refractivity contribution in [2.24, 2.45) is 0 Å². The van der Waals surface area contributed by atoms with Crippen LogP contribution in [0.15, 0.2) is 72.8 Å². The van der Waals surface area contributed by atoms with E-state index in [1.54, 1.807) is 0 Å². The van der Waals surface area contributed by atoms with Crippen LogP contribution in [0.3, 0.4) is 0 Å². The van der Waals surface area contributed by atoms with Crippen LogP contribution in [0.4, 0.5) is 0 Å². The van der Waals surface area contributed by atoms with Gasteiger partial charge in [0.05, 0.1) is 5.57 Å². The van der Waals surface area contributed by atoms with Gasteiger partial charge in [0, 0.05) is 0 Å². The molecular formula is C23H26O2. The zero-order valence-electron chi connectivity index (χ0n) is 14.7. The van der Waals surface area contributed by atoms with Crippen molar-refractivity contribution in [3.05, 3.63) is 83.9 Å². The number of hydrogen-bond donors (Lipinski definition) is 1. The Morgan fingerprint density at radius 1 is 0.840 bits per heavy atom. The van der Waals surface area contributed by atoms with Crippen LogP contribution in [0.25, 0.3) is 11.6 Å². The third-order valence-corrected chi connectivity index (χ3v) is 4.37. The standard InChI is InChI=1S/C15H18O2.C8H8/c16-15(17)14(13-10-6-3-7-11-13)12-8-4-1-2-5-9-12;1-2-8-6-4-3-5-7-8/h3,6-7,10-11H,1-2,4-5,8-9H2,(H,16,17);2-7H,1H2. The van der Waals surface area contributed by atoms with Crippen LogP contribution in [0.5, 0.6) is 0 Å². The molecule has 25 heavy (non-hydrogen) atoms. The van der Waals surface area contributed by atoms with E-state index >= 15 is 0 Å². The Balaban J connectivity index is 0.000000236. The van der Waals surface area contributed by atoms with Gasteiger partial charge in [0.1, 0.15) is 0 Å². The molecule has 0 saturated heterocycles. The van der Waals surface area contributed by atoms with Gasteiger partial charge in [-0.15, -0.1) is 0 Å². The van der Waals surface area contributed by atoms with Gasteiger partial charge >= 0.3 is 5.97 Å². The molecule has 3 rings (SSSR count). The van der Waals surface area contributed by atoms with E-state index in [0.717, 1.165) is 36.8 Å². The van der Waals surface area contributed by atoms with Gasteiger partial charge in [0.2, 0.25) is 0 Å². The minimum atomic E-state index is -0.784. The summed E-state index contributed by atoms with van der Waals surface area (Å²) < 4.78 is 0. The third-order valence-electron chi connectivity index (χ3n) is 4.37.